The van der Waals surface area contributed by atoms with Crippen LogP contribution in [0.25, 0.3) is 0 Å². The summed E-state index contributed by atoms with van der Waals surface area (Å²) in [7, 11) is 0. The van der Waals surface area contributed by atoms with Gasteiger partial charge in [-0.3, -0.25) is 4.79 Å². The second kappa shape index (κ2) is 9.31. The highest BCUT2D eigenvalue weighted by Crippen LogP contribution is 1.72. The van der Waals surface area contributed by atoms with Crippen molar-refractivity contribution >= 4 is 5.78 Å². The topological polar surface area (TPSA) is 40.9 Å². The Morgan fingerprint density at radius 2 is 2.12 bits per heavy atom. The first-order chi connectivity index (χ1) is 3.77. The number of nitriles is 1. The van der Waals surface area contributed by atoms with Gasteiger partial charge in [0, 0.05) is 0 Å². The second-order valence-corrected chi connectivity index (χ2v) is 1.04. The fraction of sp³-hybridized carbons (Fsp3) is 0.333. The molecule has 0 aromatic carbocycles. The monoisotopic (exact) mass is 111 g/mol. The van der Waals surface area contributed by atoms with Crippen molar-refractivity contribution in [2.24, 2.45) is 0 Å². The van der Waals surface area contributed by atoms with Crippen LogP contribution in [-0.2, 0) is 4.79 Å². The van der Waals surface area contributed by atoms with Gasteiger partial charge in [-0.15, -0.1) is 13.2 Å². The van der Waals surface area contributed by atoms with Crippen molar-refractivity contribution < 1.29 is 4.79 Å². The third-order valence-electron chi connectivity index (χ3n) is 0.328. The van der Waals surface area contributed by atoms with Gasteiger partial charge in [0.15, 0.2) is 0 Å². The number of hydrogen-bond donors (Lipinski definition) is 0. The molecule has 2 nitrogen and oxygen atoms in total. The van der Waals surface area contributed by atoms with Crippen LogP contribution in [-0.4, -0.2) is 5.78 Å². The largest absolute Gasteiger partial charge is 0.299 e. The van der Waals surface area contributed by atoms with Crippen LogP contribution in [0.4, 0.5) is 0 Å². The molecule has 2 heteroatoms. The molecule has 8 heavy (non-hydrogen) atoms. The number of carbonyl (C=O) groups excluding carboxylic acids is 1. The molecule has 0 atom stereocenters. The molecule has 0 unspecified atom stereocenters. The molecule has 0 saturated heterocycles. The van der Waals surface area contributed by atoms with Crippen LogP contribution in [0.2, 0.25) is 0 Å². The van der Waals surface area contributed by atoms with Gasteiger partial charge in [-0.1, -0.05) is 0 Å². The number of Topliss-reactive ketones (excluding diaryl/α,β-unsaturated/α-hetero) is 1. The summed E-state index contributed by atoms with van der Waals surface area (Å²) >= 11 is 0. The Bertz CT molecular complexity index is 102. The normalized spacial score (nSPS) is 5.50. The molecule has 0 saturated carbocycles. The number of rotatable bonds is 1. The van der Waals surface area contributed by atoms with Gasteiger partial charge >= 0.3 is 0 Å². The summed E-state index contributed by atoms with van der Waals surface area (Å²) in [6, 6.07) is 1.72. The molecule has 0 aliphatic carbocycles. The molecule has 0 bridgehead atoms. The quantitative estimate of drug-likeness (QED) is 0.478. The van der Waals surface area contributed by atoms with E-state index in [4.69, 9.17) is 5.26 Å². The highest BCUT2D eigenvalue weighted by atomic mass is 16.1. The highest BCUT2D eigenvalue weighted by molar-refractivity contribution is 5.77. The van der Waals surface area contributed by atoms with Gasteiger partial charge in [0.05, 0.1) is 12.5 Å². The van der Waals surface area contributed by atoms with Gasteiger partial charge in [0.1, 0.15) is 5.78 Å². The Hall–Kier alpha value is -1.10. The number of ketones is 1. The maximum Gasteiger partial charge on any atom is 0.143 e. The summed E-state index contributed by atoms with van der Waals surface area (Å²) in [6.07, 6.45) is 0.0417. The lowest BCUT2D eigenvalue weighted by Crippen LogP contribution is -1.82. The molecule has 0 radical (unpaired) electrons. The summed E-state index contributed by atoms with van der Waals surface area (Å²) in [5.41, 5.74) is 0. The molecule has 0 aromatic heterocycles. The first-order valence-corrected chi connectivity index (χ1v) is 2.13. The van der Waals surface area contributed by atoms with E-state index in [1.165, 1.54) is 6.92 Å². The lowest BCUT2D eigenvalue weighted by molar-refractivity contribution is -0.116. The van der Waals surface area contributed by atoms with Gasteiger partial charge in [-0.2, -0.15) is 5.26 Å². The smallest absolute Gasteiger partial charge is 0.143 e. The predicted molar refractivity (Wildman–Crippen MR) is 32.2 cm³/mol. The van der Waals surface area contributed by atoms with Crippen LogP contribution in [0.5, 0.6) is 0 Å². The van der Waals surface area contributed by atoms with E-state index in [1.807, 2.05) is 0 Å². The van der Waals surface area contributed by atoms with E-state index in [9.17, 15) is 4.79 Å². The molecule has 0 heterocycles. The molecule has 0 aromatic rings. The van der Waals surface area contributed by atoms with E-state index in [1.54, 1.807) is 6.07 Å². The summed E-state index contributed by atoms with van der Waals surface area (Å²) in [6.45, 7) is 7.39. The highest BCUT2D eigenvalue weighted by Gasteiger charge is 1.83. The van der Waals surface area contributed by atoms with Crippen LogP contribution in [0, 0.1) is 11.3 Å². The van der Waals surface area contributed by atoms with Crippen LogP contribution in [0.1, 0.15) is 13.3 Å². The first kappa shape index (κ1) is 10.0. The van der Waals surface area contributed by atoms with Gasteiger partial charge < -0.3 is 0 Å². The second-order valence-electron chi connectivity index (χ2n) is 1.04. The van der Waals surface area contributed by atoms with Gasteiger partial charge in [-0.25, -0.2) is 0 Å². The number of nitrogens with zero attached hydrogens (tertiary/aromatic N) is 1. The zero-order chi connectivity index (χ0) is 6.99. The van der Waals surface area contributed by atoms with E-state index in [0.29, 0.717) is 0 Å². The molecule has 44 valence electrons. The molecular formula is C6H9NO. The fourth-order valence-corrected chi connectivity index (χ4v) is 0.111. The maximum absolute atomic E-state index is 9.82. The lowest BCUT2D eigenvalue weighted by Gasteiger charge is -1.69. The minimum Gasteiger partial charge on any atom is -0.299 e. The third kappa shape index (κ3) is 20.6. The maximum atomic E-state index is 9.82. The Labute approximate surface area is 49.4 Å². The molecule has 0 N–H and O–H groups in total. The molecule has 0 fully saturated rings. The van der Waals surface area contributed by atoms with E-state index in [2.05, 4.69) is 13.2 Å². The van der Waals surface area contributed by atoms with Crippen molar-refractivity contribution in [2.75, 3.05) is 0 Å². The van der Waals surface area contributed by atoms with Crippen molar-refractivity contribution in [3.8, 4) is 6.07 Å². The number of carbonyl (C=O) groups is 1. The summed E-state index contributed by atoms with van der Waals surface area (Å²) < 4.78 is 0. The minimum atomic E-state index is -0.0718. The minimum absolute atomic E-state index is 0.0417. The van der Waals surface area contributed by atoms with Crippen molar-refractivity contribution in [3.05, 3.63) is 13.2 Å². The van der Waals surface area contributed by atoms with E-state index >= 15 is 0 Å². The lowest BCUT2D eigenvalue weighted by atomic mass is 10.3. The summed E-state index contributed by atoms with van der Waals surface area (Å²) in [5.74, 6) is -0.0718. The zero-order valence-electron chi connectivity index (χ0n) is 4.98. The Morgan fingerprint density at radius 3 is 2.12 bits per heavy atom. The first-order valence-electron chi connectivity index (χ1n) is 2.13. The van der Waals surface area contributed by atoms with Gasteiger partial charge in [-0.05, 0) is 6.92 Å². The van der Waals surface area contributed by atoms with Crippen molar-refractivity contribution in [3.63, 3.8) is 0 Å². The van der Waals surface area contributed by atoms with Crippen molar-refractivity contribution in [2.45, 2.75) is 13.3 Å². The average molecular weight is 111 g/mol. The standard InChI is InChI=1S/C4H5NO.C2H4/c1-4(6)2-3-5;1-2/h2H2,1H3;1-2H2. The Morgan fingerprint density at radius 1 is 1.75 bits per heavy atom. The van der Waals surface area contributed by atoms with Crippen LogP contribution in [0.15, 0.2) is 13.2 Å². The fourth-order valence-electron chi connectivity index (χ4n) is 0.111. The molecule has 0 aliphatic heterocycles. The van der Waals surface area contributed by atoms with Crippen molar-refractivity contribution in [1.82, 2.24) is 0 Å². The van der Waals surface area contributed by atoms with Crippen LogP contribution >= 0.6 is 0 Å². The van der Waals surface area contributed by atoms with Gasteiger partial charge in [0.25, 0.3) is 0 Å². The number of hydrogen-bond acceptors (Lipinski definition) is 2. The zero-order valence-corrected chi connectivity index (χ0v) is 4.98. The molecule has 0 amide bonds. The molecule has 0 rings (SSSR count). The van der Waals surface area contributed by atoms with Gasteiger partial charge in [0.2, 0.25) is 0 Å². The molecule has 0 aliphatic rings. The Kier molecular flexibility index (Phi) is 11.6. The molecule has 0 spiro atoms. The summed E-state index contributed by atoms with van der Waals surface area (Å²) in [5, 5.41) is 7.77. The SMILES string of the molecule is C=C.CC(=O)CC#N. The predicted octanol–water partition coefficient (Wildman–Crippen LogP) is 1.29. The average Bonchev–Trinajstić information content (AvgIpc) is 1.72. The van der Waals surface area contributed by atoms with Crippen LogP contribution < -0.4 is 0 Å². The molecular weight excluding hydrogens is 102 g/mol. The van der Waals surface area contributed by atoms with Crippen molar-refractivity contribution in [1.29, 1.82) is 5.26 Å². The Balaban J connectivity index is 0. The van der Waals surface area contributed by atoms with E-state index < -0.39 is 0 Å². The van der Waals surface area contributed by atoms with E-state index in [0.717, 1.165) is 0 Å². The van der Waals surface area contributed by atoms with Crippen LogP contribution in [0.3, 0.4) is 0 Å². The summed E-state index contributed by atoms with van der Waals surface area (Å²) in [4.78, 5) is 9.82. The third-order valence-corrected chi connectivity index (χ3v) is 0.328. The van der Waals surface area contributed by atoms with E-state index in [-0.39, 0.29) is 12.2 Å².